The largest absolute Gasteiger partial charge is 0.477 e. The van der Waals surface area contributed by atoms with E-state index in [4.69, 9.17) is 4.74 Å². The quantitative estimate of drug-likeness (QED) is 0.577. The van der Waals surface area contributed by atoms with E-state index in [1.807, 2.05) is 37.3 Å². The molecule has 0 N–H and O–H groups in total. The summed E-state index contributed by atoms with van der Waals surface area (Å²) in [7, 11) is 0. The second-order valence-corrected chi connectivity index (χ2v) is 5.05. The van der Waals surface area contributed by atoms with Gasteiger partial charge in [0.2, 0.25) is 5.75 Å². The zero-order chi connectivity index (χ0) is 17.5. The van der Waals surface area contributed by atoms with E-state index in [0.29, 0.717) is 13.1 Å². The summed E-state index contributed by atoms with van der Waals surface area (Å²) in [4.78, 5) is 24.0. The van der Waals surface area contributed by atoms with Crippen LogP contribution in [0.25, 0.3) is 0 Å². The molecule has 0 aliphatic rings. The summed E-state index contributed by atoms with van der Waals surface area (Å²) < 4.78 is 18.4. The van der Waals surface area contributed by atoms with Gasteiger partial charge in [-0.2, -0.15) is 0 Å². The molecule has 0 saturated carbocycles. The van der Waals surface area contributed by atoms with E-state index >= 15 is 0 Å². The van der Waals surface area contributed by atoms with Gasteiger partial charge in [-0.25, -0.2) is 4.39 Å². The molecule has 0 aliphatic heterocycles. The Bertz CT molecular complexity index is 722. The molecule has 0 saturated heterocycles. The van der Waals surface area contributed by atoms with E-state index in [9.17, 15) is 19.3 Å². The third kappa shape index (κ3) is 4.52. The monoisotopic (exact) mass is 332 g/mol. The van der Waals surface area contributed by atoms with Crippen LogP contribution in [0, 0.1) is 15.9 Å². The van der Waals surface area contributed by atoms with Crippen molar-refractivity contribution in [2.75, 3.05) is 13.2 Å². The molecule has 0 aromatic heterocycles. The van der Waals surface area contributed by atoms with E-state index in [2.05, 4.69) is 0 Å². The summed E-state index contributed by atoms with van der Waals surface area (Å²) in [6.07, 6.45) is 0. The lowest BCUT2D eigenvalue weighted by atomic mass is 10.2. The van der Waals surface area contributed by atoms with Gasteiger partial charge in [-0.15, -0.1) is 0 Å². The fourth-order valence-corrected chi connectivity index (χ4v) is 2.17. The van der Waals surface area contributed by atoms with Crippen LogP contribution in [-0.4, -0.2) is 28.9 Å². The molecule has 1 amide bonds. The van der Waals surface area contributed by atoms with Crippen molar-refractivity contribution in [2.24, 2.45) is 0 Å². The van der Waals surface area contributed by atoms with Crippen LogP contribution in [0.15, 0.2) is 48.5 Å². The number of carbonyl (C=O) groups excluding carboxylic acids is 1. The van der Waals surface area contributed by atoms with Crippen LogP contribution in [0.2, 0.25) is 0 Å². The highest BCUT2D eigenvalue weighted by molar-refractivity contribution is 5.77. The summed E-state index contributed by atoms with van der Waals surface area (Å²) >= 11 is 0. The number of hydrogen-bond donors (Lipinski definition) is 0. The first-order valence-corrected chi connectivity index (χ1v) is 7.39. The van der Waals surface area contributed by atoms with E-state index < -0.39 is 17.3 Å². The maximum absolute atomic E-state index is 13.2. The number of amides is 1. The number of ether oxygens (including phenoxy) is 1. The van der Waals surface area contributed by atoms with Crippen molar-refractivity contribution in [1.82, 2.24) is 4.90 Å². The Labute approximate surface area is 138 Å². The van der Waals surface area contributed by atoms with Crippen LogP contribution < -0.4 is 4.74 Å². The van der Waals surface area contributed by atoms with E-state index in [1.54, 1.807) is 4.90 Å². The minimum absolute atomic E-state index is 0.260. The number of carbonyl (C=O) groups is 1. The smallest absolute Gasteiger partial charge is 0.311 e. The maximum Gasteiger partial charge on any atom is 0.311 e. The average molecular weight is 332 g/mol. The first-order valence-electron chi connectivity index (χ1n) is 7.39. The number of nitro groups is 1. The second-order valence-electron chi connectivity index (χ2n) is 5.05. The molecule has 2 aromatic rings. The van der Waals surface area contributed by atoms with Crippen LogP contribution >= 0.6 is 0 Å². The van der Waals surface area contributed by atoms with Crippen molar-refractivity contribution in [3.05, 3.63) is 70.0 Å². The first kappa shape index (κ1) is 17.4. The lowest BCUT2D eigenvalue weighted by molar-refractivity contribution is -0.385. The molecule has 6 nitrogen and oxygen atoms in total. The Morgan fingerprint density at radius 2 is 1.96 bits per heavy atom. The number of likely N-dealkylation sites (N-methyl/N-ethyl adjacent to an activating group) is 1. The zero-order valence-corrected chi connectivity index (χ0v) is 13.1. The highest BCUT2D eigenvalue weighted by atomic mass is 19.1. The summed E-state index contributed by atoms with van der Waals surface area (Å²) in [5.41, 5.74) is 0.583. The first-order chi connectivity index (χ1) is 11.5. The molecule has 0 bridgehead atoms. The van der Waals surface area contributed by atoms with Crippen molar-refractivity contribution < 1.29 is 18.8 Å². The van der Waals surface area contributed by atoms with Crippen molar-refractivity contribution >= 4 is 11.6 Å². The number of rotatable bonds is 7. The Morgan fingerprint density at radius 1 is 1.25 bits per heavy atom. The van der Waals surface area contributed by atoms with Crippen LogP contribution in [0.1, 0.15) is 12.5 Å². The van der Waals surface area contributed by atoms with Gasteiger partial charge in [0.05, 0.1) is 4.92 Å². The van der Waals surface area contributed by atoms with Crippen molar-refractivity contribution in [3.8, 4) is 5.75 Å². The standard InChI is InChI=1S/C17H17FN2O4/c1-2-19(11-13-6-4-3-5-7-13)17(21)12-24-16-10-14(18)8-9-15(16)20(22)23/h3-10H,2,11-12H2,1H3. The number of halogens is 1. The third-order valence-corrected chi connectivity index (χ3v) is 3.42. The molecule has 2 aromatic carbocycles. The molecular formula is C17H17FN2O4. The average Bonchev–Trinajstić information content (AvgIpc) is 2.58. The predicted octanol–water partition coefficient (Wildman–Crippen LogP) is 3.16. The molecule has 0 atom stereocenters. The van der Waals surface area contributed by atoms with Gasteiger partial charge in [-0.1, -0.05) is 30.3 Å². The minimum Gasteiger partial charge on any atom is -0.477 e. The van der Waals surface area contributed by atoms with Gasteiger partial charge in [-0.3, -0.25) is 14.9 Å². The highest BCUT2D eigenvalue weighted by Crippen LogP contribution is 2.27. The Balaban J connectivity index is 2.04. The lowest BCUT2D eigenvalue weighted by Gasteiger charge is -2.21. The summed E-state index contributed by atoms with van der Waals surface area (Å²) in [5.74, 6) is -1.26. The van der Waals surface area contributed by atoms with Gasteiger partial charge >= 0.3 is 5.69 Å². The molecule has 0 fully saturated rings. The minimum atomic E-state index is -0.680. The molecule has 126 valence electrons. The van der Waals surface area contributed by atoms with Gasteiger partial charge in [0.25, 0.3) is 5.91 Å². The Kier molecular flexibility index (Phi) is 5.83. The summed E-state index contributed by atoms with van der Waals surface area (Å²) in [6.45, 7) is 2.30. The molecule has 0 heterocycles. The van der Waals surface area contributed by atoms with Crippen LogP contribution in [0.3, 0.4) is 0 Å². The van der Waals surface area contributed by atoms with Gasteiger partial charge in [0.15, 0.2) is 6.61 Å². The fourth-order valence-electron chi connectivity index (χ4n) is 2.17. The predicted molar refractivity (Wildman–Crippen MR) is 86.1 cm³/mol. The maximum atomic E-state index is 13.2. The van der Waals surface area contributed by atoms with E-state index in [1.165, 1.54) is 0 Å². The zero-order valence-electron chi connectivity index (χ0n) is 13.1. The van der Waals surface area contributed by atoms with Crippen LogP contribution in [0.4, 0.5) is 10.1 Å². The number of benzene rings is 2. The van der Waals surface area contributed by atoms with Crippen molar-refractivity contribution in [2.45, 2.75) is 13.5 Å². The van der Waals surface area contributed by atoms with Gasteiger partial charge in [0.1, 0.15) is 5.82 Å². The molecule has 0 radical (unpaired) electrons. The topological polar surface area (TPSA) is 72.7 Å². The van der Waals surface area contributed by atoms with Gasteiger partial charge in [-0.05, 0) is 18.6 Å². The molecule has 0 spiro atoms. The Morgan fingerprint density at radius 3 is 2.58 bits per heavy atom. The normalized spacial score (nSPS) is 10.2. The summed E-state index contributed by atoms with van der Waals surface area (Å²) in [6, 6.07) is 12.3. The SMILES string of the molecule is CCN(Cc1ccccc1)C(=O)COc1cc(F)ccc1[N+](=O)[O-]. The number of nitro benzene ring substituents is 1. The van der Waals surface area contributed by atoms with Crippen LogP contribution in [0.5, 0.6) is 5.75 Å². The van der Waals surface area contributed by atoms with Crippen molar-refractivity contribution in [1.29, 1.82) is 0 Å². The summed E-state index contributed by atoms with van der Waals surface area (Å²) in [5, 5.41) is 10.9. The van der Waals surface area contributed by atoms with E-state index in [-0.39, 0.29) is 17.3 Å². The number of hydrogen-bond acceptors (Lipinski definition) is 4. The van der Waals surface area contributed by atoms with Gasteiger partial charge in [0, 0.05) is 25.2 Å². The third-order valence-electron chi connectivity index (χ3n) is 3.42. The molecule has 2 rings (SSSR count). The lowest BCUT2D eigenvalue weighted by Crippen LogP contribution is -2.34. The second kappa shape index (κ2) is 8.05. The number of nitrogens with zero attached hydrogens (tertiary/aromatic N) is 2. The van der Waals surface area contributed by atoms with Crippen molar-refractivity contribution in [3.63, 3.8) is 0 Å². The molecule has 0 unspecified atom stereocenters. The van der Waals surface area contributed by atoms with Gasteiger partial charge < -0.3 is 9.64 Å². The molecule has 24 heavy (non-hydrogen) atoms. The van der Waals surface area contributed by atoms with E-state index in [0.717, 1.165) is 23.8 Å². The molecule has 0 aliphatic carbocycles. The fraction of sp³-hybridized carbons (Fsp3) is 0.235. The Hall–Kier alpha value is -2.96. The highest BCUT2D eigenvalue weighted by Gasteiger charge is 2.19. The molecular weight excluding hydrogens is 315 g/mol. The molecule has 7 heteroatoms. The van der Waals surface area contributed by atoms with Crippen LogP contribution in [-0.2, 0) is 11.3 Å².